The van der Waals surface area contributed by atoms with Crippen LogP contribution in [0.5, 0.6) is 5.75 Å². The van der Waals surface area contributed by atoms with E-state index in [9.17, 15) is 4.79 Å². The Morgan fingerprint density at radius 3 is 2.82 bits per heavy atom. The Morgan fingerprint density at radius 2 is 2.29 bits per heavy atom. The number of aliphatic carboxylic acids is 1. The van der Waals surface area contributed by atoms with Gasteiger partial charge in [0.1, 0.15) is 5.75 Å². The molecule has 0 saturated carbocycles. The second kappa shape index (κ2) is 6.06. The number of rotatable bonds is 5. The van der Waals surface area contributed by atoms with E-state index >= 15 is 0 Å². The lowest BCUT2D eigenvalue weighted by molar-refractivity contribution is -0.131. The monoisotopic (exact) mass is 235 g/mol. The second-order valence-corrected chi connectivity index (χ2v) is 3.65. The molecule has 0 heterocycles. The smallest absolute Gasteiger partial charge is 0.328 e. The molecule has 0 amide bonds. The van der Waals surface area contributed by atoms with E-state index in [1.165, 1.54) is 6.08 Å². The zero-order valence-corrected chi connectivity index (χ0v) is 10.0. The molecule has 0 aromatic heterocycles. The summed E-state index contributed by atoms with van der Waals surface area (Å²) in [7, 11) is 1.62. The molecule has 0 aliphatic heterocycles. The summed E-state index contributed by atoms with van der Waals surface area (Å²) in [4.78, 5) is 10.4. The average molecular weight is 235 g/mol. The van der Waals surface area contributed by atoms with Crippen LogP contribution in [0.25, 0.3) is 0 Å². The van der Waals surface area contributed by atoms with E-state index in [1.54, 1.807) is 7.11 Å². The zero-order chi connectivity index (χ0) is 12.8. The van der Waals surface area contributed by atoms with Crippen molar-refractivity contribution in [3.05, 3.63) is 41.5 Å². The van der Waals surface area contributed by atoms with Gasteiger partial charge < -0.3 is 15.6 Å². The molecule has 0 aliphatic rings. The summed E-state index contributed by atoms with van der Waals surface area (Å²) in [6.07, 6.45) is 3.36. The highest BCUT2D eigenvalue weighted by molar-refractivity contribution is 5.79. The van der Waals surface area contributed by atoms with Crippen molar-refractivity contribution in [3.63, 3.8) is 0 Å². The SMILES string of the molecule is CCc1cc(C(N)/C=C/C(=O)O)ccc1OC. The zero-order valence-electron chi connectivity index (χ0n) is 10.0. The highest BCUT2D eigenvalue weighted by atomic mass is 16.5. The number of carboxylic acids is 1. The van der Waals surface area contributed by atoms with Crippen LogP contribution < -0.4 is 10.5 Å². The van der Waals surface area contributed by atoms with Crippen LogP contribution in [-0.4, -0.2) is 18.2 Å². The molecule has 0 fully saturated rings. The Hall–Kier alpha value is -1.81. The minimum Gasteiger partial charge on any atom is -0.496 e. The van der Waals surface area contributed by atoms with Gasteiger partial charge in [-0.3, -0.25) is 0 Å². The molecule has 0 radical (unpaired) electrons. The molecule has 1 unspecified atom stereocenters. The van der Waals surface area contributed by atoms with Crippen molar-refractivity contribution in [3.8, 4) is 5.75 Å². The fourth-order valence-electron chi connectivity index (χ4n) is 1.58. The van der Waals surface area contributed by atoms with Crippen molar-refractivity contribution in [2.45, 2.75) is 19.4 Å². The highest BCUT2D eigenvalue weighted by Gasteiger charge is 2.07. The summed E-state index contributed by atoms with van der Waals surface area (Å²) >= 11 is 0. The summed E-state index contributed by atoms with van der Waals surface area (Å²) in [5.41, 5.74) is 7.80. The van der Waals surface area contributed by atoms with Crippen LogP contribution in [0.15, 0.2) is 30.4 Å². The number of ether oxygens (including phenoxy) is 1. The number of hydrogen-bond donors (Lipinski definition) is 2. The van der Waals surface area contributed by atoms with E-state index in [0.29, 0.717) is 0 Å². The van der Waals surface area contributed by atoms with Gasteiger partial charge in [0.05, 0.1) is 7.11 Å². The first kappa shape index (κ1) is 13.3. The third kappa shape index (κ3) is 3.60. The molecule has 4 nitrogen and oxygen atoms in total. The normalized spacial score (nSPS) is 12.6. The molecule has 1 rings (SSSR count). The topological polar surface area (TPSA) is 72.6 Å². The largest absolute Gasteiger partial charge is 0.496 e. The van der Waals surface area contributed by atoms with Gasteiger partial charge in [-0.15, -0.1) is 0 Å². The van der Waals surface area contributed by atoms with Crippen molar-refractivity contribution in [1.29, 1.82) is 0 Å². The van der Waals surface area contributed by atoms with Crippen LogP contribution in [0, 0.1) is 0 Å². The minimum absolute atomic E-state index is 0.415. The predicted octanol–water partition coefficient (Wildman–Crippen LogP) is 1.90. The van der Waals surface area contributed by atoms with E-state index < -0.39 is 12.0 Å². The maximum atomic E-state index is 10.4. The van der Waals surface area contributed by atoms with Gasteiger partial charge in [0.15, 0.2) is 0 Å². The predicted molar refractivity (Wildman–Crippen MR) is 66.1 cm³/mol. The lowest BCUT2D eigenvalue weighted by atomic mass is 10.0. The number of hydrogen-bond acceptors (Lipinski definition) is 3. The molecule has 1 atom stereocenters. The average Bonchev–Trinajstić information content (AvgIpc) is 2.34. The van der Waals surface area contributed by atoms with Crippen molar-refractivity contribution >= 4 is 5.97 Å². The number of methoxy groups -OCH3 is 1. The van der Waals surface area contributed by atoms with Gasteiger partial charge in [-0.05, 0) is 23.6 Å². The number of nitrogens with two attached hydrogens (primary N) is 1. The third-order valence-corrected chi connectivity index (χ3v) is 2.52. The van der Waals surface area contributed by atoms with E-state index in [4.69, 9.17) is 15.6 Å². The molecule has 92 valence electrons. The molecule has 0 saturated heterocycles. The van der Waals surface area contributed by atoms with E-state index in [-0.39, 0.29) is 0 Å². The molecule has 0 aliphatic carbocycles. The maximum absolute atomic E-state index is 10.4. The van der Waals surface area contributed by atoms with Gasteiger partial charge in [0.2, 0.25) is 0 Å². The van der Waals surface area contributed by atoms with Gasteiger partial charge in [0, 0.05) is 12.1 Å². The fourth-order valence-corrected chi connectivity index (χ4v) is 1.58. The van der Waals surface area contributed by atoms with Gasteiger partial charge in [0.25, 0.3) is 0 Å². The lowest BCUT2D eigenvalue weighted by Crippen LogP contribution is -2.08. The summed E-state index contributed by atoms with van der Waals surface area (Å²) in [5, 5.41) is 8.53. The van der Waals surface area contributed by atoms with E-state index in [0.717, 1.165) is 29.4 Å². The van der Waals surface area contributed by atoms with E-state index in [2.05, 4.69) is 0 Å². The molecule has 0 bridgehead atoms. The Morgan fingerprint density at radius 1 is 1.59 bits per heavy atom. The van der Waals surface area contributed by atoms with Crippen LogP contribution in [0.2, 0.25) is 0 Å². The first-order valence-electron chi connectivity index (χ1n) is 5.42. The maximum Gasteiger partial charge on any atom is 0.328 e. The van der Waals surface area contributed by atoms with Gasteiger partial charge >= 0.3 is 5.97 Å². The Labute approximate surface area is 101 Å². The standard InChI is InChI=1S/C13H17NO3/c1-3-9-8-10(4-6-12(9)17-2)11(14)5-7-13(15)16/h4-8,11H,3,14H2,1-2H3,(H,15,16)/b7-5+. The summed E-state index contributed by atoms with van der Waals surface area (Å²) < 4.78 is 5.22. The molecule has 1 aromatic carbocycles. The van der Waals surface area contributed by atoms with Crippen molar-refractivity contribution in [1.82, 2.24) is 0 Å². The van der Waals surface area contributed by atoms with Crippen molar-refractivity contribution in [2.75, 3.05) is 7.11 Å². The number of aryl methyl sites for hydroxylation is 1. The third-order valence-electron chi connectivity index (χ3n) is 2.52. The molecular formula is C13H17NO3. The number of benzene rings is 1. The van der Waals surface area contributed by atoms with Gasteiger partial charge in [-0.1, -0.05) is 25.1 Å². The molecule has 1 aromatic rings. The molecule has 17 heavy (non-hydrogen) atoms. The van der Waals surface area contributed by atoms with Crippen molar-refractivity contribution < 1.29 is 14.6 Å². The summed E-state index contributed by atoms with van der Waals surface area (Å²) in [6, 6.07) is 5.22. The number of carbonyl (C=O) groups is 1. The first-order chi connectivity index (χ1) is 8.08. The molecule has 3 N–H and O–H groups in total. The molecule has 0 spiro atoms. The molecular weight excluding hydrogens is 218 g/mol. The lowest BCUT2D eigenvalue weighted by Gasteiger charge is -2.12. The van der Waals surface area contributed by atoms with Crippen LogP contribution >= 0.6 is 0 Å². The Kier molecular flexibility index (Phi) is 4.72. The van der Waals surface area contributed by atoms with Gasteiger partial charge in [-0.25, -0.2) is 4.79 Å². The van der Waals surface area contributed by atoms with E-state index in [1.807, 2.05) is 25.1 Å². The van der Waals surface area contributed by atoms with Crippen molar-refractivity contribution in [2.24, 2.45) is 5.73 Å². The highest BCUT2D eigenvalue weighted by Crippen LogP contribution is 2.23. The summed E-state index contributed by atoms with van der Waals surface area (Å²) in [5.74, 6) is -0.171. The second-order valence-electron chi connectivity index (χ2n) is 3.65. The summed E-state index contributed by atoms with van der Waals surface area (Å²) in [6.45, 7) is 2.03. The van der Waals surface area contributed by atoms with Crippen LogP contribution in [0.4, 0.5) is 0 Å². The first-order valence-corrected chi connectivity index (χ1v) is 5.42. The van der Waals surface area contributed by atoms with Crippen LogP contribution in [0.3, 0.4) is 0 Å². The quantitative estimate of drug-likeness (QED) is 0.764. The van der Waals surface area contributed by atoms with Gasteiger partial charge in [-0.2, -0.15) is 0 Å². The fraction of sp³-hybridized carbons (Fsp3) is 0.308. The van der Waals surface area contributed by atoms with Crippen LogP contribution in [0.1, 0.15) is 24.1 Å². The number of carboxylic acid groups (broad SMARTS) is 1. The van der Waals surface area contributed by atoms with Crippen LogP contribution in [-0.2, 0) is 11.2 Å². The Bertz CT molecular complexity index is 427. The minimum atomic E-state index is -0.996. The molecule has 4 heteroatoms. The Balaban J connectivity index is 2.95.